The Morgan fingerprint density at radius 1 is 1.04 bits per heavy atom. The molecule has 0 bridgehead atoms. The summed E-state index contributed by atoms with van der Waals surface area (Å²) < 4.78 is 11.3. The molecule has 5 heteroatoms. The molecular formula is C22H26N2O3. The van der Waals surface area contributed by atoms with Crippen LogP contribution >= 0.6 is 0 Å². The van der Waals surface area contributed by atoms with E-state index in [-0.39, 0.29) is 11.9 Å². The van der Waals surface area contributed by atoms with Crippen molar-refractivity contribution in [1.29, 1.82) is 0 Å². The van der Waals surface area contributed by atoms with Crippen molar-refractivity contribution >= 4 is 11.6 Å². The molecule has 2 heterocycles. The average molecular weight is 366 g/mol. The van der Waals surface area contributed by atoms with Crippen molar-refractivity contribution in [1.82, 2.24) is 4.90 Å². The van der Waals surface area contributed by atoms with Gasteiger partial charge in [0, 0.05) is 38.3 Å². The fourth-order valence-corrected chi connectivity index (χ4v) is 4.02. The summed E-state index contributed by atoms with van der Waals surface area (Å²) in [6.07, 6.45) is 1.97. The third-order valence-corrected chi connectivity index (χ3v) is 5.31. The van der Waals surface area contributed by atoms with Gasteiger partial charge >= 0.3 is 0 Å². The maximum Gasteiger partial charge on any atom is 0.224 e. The first kappa shape index (κ1) is 17.9. The van der Waals surface area contributed by atoms with Gasteiger partial charge in [0.1, 0.15) is 13.2 Å². The van der Waals surface area contributed by atoms with Gasteiger partial charge in [0.2, 0.25) is 5.91 Å². The Kier molecular flexibility index (Phi) is 5.30. The van der Waals surface area contributed by atoms with Gasteiger partial charge in [0.25, 0.3) is 0 Å². The highest BCUT2D eigenvalue weighted by Gasteiger charge is 2.27. The highest BCUT2D eigenvalue weighted by molar-refractivity contribution is 5.92. The summed E-state index contributed by atoms with van der Waals surface area (Å²) in [5.74, 6) is 1.80. The molecule has 2 aromatic carbocycles. The van der Waals surface area contributed by atoms with Crippen LogP contribution in [0.25, 0.3) is 0 Å². The molecule has 0 saturated carbocycles. The number of fused-ring (bicyclic) bond motifs is 1. The van der Waals surface area contributed by atoms with E-state index in [2.05, 4.69) is 17.0 Å². The summed E-state index contributed by atoms with van der Waals surface area (Å²) in [5, 5.41) is 0. The molecule has 2 aliphatic rings. The Hall–Kier alpha value is -2.53. The lowest BCUT2D eigenvalue weighted by atomic mass is 10.0. The predicted octanol–water partition coefficient (Wildman–Crippen LogP) is 3.48. The minimum Gasteiger partial charge on any atom is -0.486 e. The monoisotopic (exact) mass is 366 g/mol. The molecule has 0 atom stereocenters. The number of amides is 1. The van der Waals surface area contributed by atoms with Crippen molar-refractivity contribution in [3.05, 3.63) is 54.1 Å². The highest BCUT2D eigenvalue weighted by atomic mass is 16.6. The molecule has 0 aliphatic carbocycles. The second kappa shape index (κ2) is 8.01. The number of carbonyl (C=O) groups is 1. The van der Waals surface area contributed by atoms with Crippen molar-refractivity contribution in [2.75, 3.05) is 31.2 Å². The average Bonchev–Trinajstić information content (AvgIpc) is 2.70. The van der Waals surface area contributed by atoms with Gasteiger partial charge in [-0.2, -0.15) is 0 Å². The van der Waals surface area contributed by atoms with Crippen LogP contribution in [0.5, 0.6) is 11.5 Å². The fraction of sp³-hybridized carbons (Fsp3) is 0.409. The molecule has 1 fully saturated rings. The number of hydrogen-bond donors (Lipinski definition) is 0. The number of para-hydroxylation sites is 1. The van der Waals surface area contributed by atoms with Crippen molar-refractivity contribution in [2.45, 2.75) is 32.4 Å². The number of likely N-dealkylation sites (tertiary alicyclic amines) is 1. The van der Waals surface area contributed by atoms with Crippen LogP contribution in [-0.2, 0) is 11.3 Å². The summed E-state index contributed by atoms with van der Waals surface area (Å²) in [5.41, 5.74) is 2.24. The summed E-state index contributed by atoms with van der Waals surface area (Å²) in [7, 11) is 0. The maximum absolute atomic E-state index is 12.2. The van der Waals surface area contributed by atoms with E-state index in [1.807, 2.05) is 41.3 Å². The summed E-state index contributed by atoms with van der Waals surface area (Å²) in [4.78, 5) is 16.6. The number of piperidine rings is 1. The van der Waals surface area contributed by atoms with E-state index < -0.39 is 0 Å². The molecular weight excluding hydrogens is 340 g/mol. The van der Waals surface area contributed by atoms with E-state index in [1.54, 1.807) is 6.92 Å². The van der Waals surface area contributed by atoms with E-state index in [4.69, 9.17) is 9.47 Å². The molecule has 5 nitrogen and oxygen atoms in total. The van der Waals surface area contributed by atoms with E-state index in [0.717, 1.165) is 49.7 Å². The first-order valence-corrected chi connectivity index (χ1v) is 9.66. The number of benzene rings is 2. The standard InChI is InChI=1S/C22H26N2O3/c1-17(25)24(19-5-3-2-4-6-19)20-9-11-23(12-10-20)16-18-7-8-21-22(15-18)27-14-13-26-21/h2-8,15,20H,9-14,16H2,1H3. The first-order chi connectivity index (χ1) is 13.2. The largest absolute Gasteiger partial charge is 0.486 e. The van der Waals surface area contributed by atoms with Gasteiger partial charge in [-0.05, 0) is 42.7 Å². The number of rotatable bonds is 4. The molecule has 27 heavy (non-hydrogen) atoms. The van der Waals surface area contributed by atoms with Crippen LogP contribution in [0.2, 0.25) is 0 Å². The van der Waals surface area contributed by atoms with Crippen molar-refractivity contribution in [3.8, 4) is 11.5 Å². The molecule has 0 spiro atoms. The number of ether oxygens (including phenoxy) is 2. The van der Waals surface area contributed by atoms with Gasteiger partial charge in [-0.1, -0.05) is 24.3 Å². The van der Waals surface area contributed by atoms with Crippen LogP contribution in [0.4, 0.5) is 5.69 Å². The normalized spacial score (nSPS) is 17.5. The minimum atomic E-state index is 0.117. The molecule has 142 valence electrons. The molecule has 2 aromatic rings. The number of anilines is 1. The van der Waals surface area contributed by atoms with Gasteiger partial charge in [-0.3, -0.25) is 9.69 Å². The fourth-order valence-electron chi connectivity index (χ4n) is 4.02. The van der Waals surface area contributed by atoms with Gasteiger partial charge in [-0.25, -0.2) is 0 Å². The number of hydrogen-bond acceptors (Lipinski definition) is 4. The second-order valence-corrected chi connectivity index (χ2v) is 7.21. The van der Waals surface area contributed by atoms with Crippen LogP contribution in [0.1, 0.15) is 25.3 Å². The number of carbonyl (C=O) groups excluding carboxylic acids is 1. The van der Waals surface area contributed by atoms with Gasteiger partial charge in [0.05, 0.1) is 0 Å². The van der Waals surface area contributed by atoms with E-state index in [0.29, 0.717) is 13.2 Å². The lowest BCUT2D eigenvalue weighted by Gasteiger charge is -2.38. The Labute approximate surface area is 160 Å². The van der Waals surface area contributed by atoms with Crippen LogP contribution in [0.15, 0.2) is 48.5 Å². The number of nitrogens with zero attached hydrogens (tertiary/aromatic N) is 2. The lowest BCUT2D eigenvalue weighted by Crippen LogP contribution is -2.46. The molecule has 0 radical (unpaired) electrons. The molecule has 0 aromatic heterocycles. The zero-order chi connectivity index (χ0) is 18.6. The second-order valence-electron chi connectivity index (χ2n) is 7.21. The van der Waals surface area contributed by atoms with Gasteiger partial charge in [-0.15, -0.1) is 0 Å². The quantitative estimate of drug-likeness (QED) is 0.831. The first-order valence-electron chi connectivity index (χ1n) is 9.66. The molecule has 4 rings (SSSR count). The van der Waals surface area contributed by atoms with Gasteiger partial charge in [0.15, 0.2) is 11.5 Å². The summed E-state index contributed by atoms with van der Waals surface area (Å²) >= 11 is 0. The third-order valence-electron chi connectivity index (χ3n) is 5.31. The van der Waals surface area contributed by atoms with E-state index in [9.17, 15) is 4.79 Å². The van der Waals surface area contributed by atoms with Gasteiger partial charge < -0.3 is 14.4 Å². The van der Waals surface area contributed by atoms with Crippen LogP contribution in [0.3, 0.4) is 0 Å². The van der Waals surface area contributed by atoms with Crippen LogP contribution in [0, 0.1) is 0 Å². The van der Waals surface area contributed by atoms with E-state index in [1.165, 1.54) is 5.56 Å². The highest BCUT2D eigenvalue weighted by Crippen LogP contribution is 2.31. The molecule has 1 saturated heterocycles. The van der Waals surface area contributed by atoms with Crippen molar-refractivity contribution in [2.24, 2.45) is 0 Å². The SMILES string of the molecule is CC(=O)N(c1ccccc1)C1CCN(Cc2ccc3c(c2)OCCO3)CC1. The predicted molar refractivity (Wildman–Crippen MR) is 105 cm³/mol. The lowest BCUT2D eigenvalue weighted by molar-refractivity contribution is -0.117. The Bertz CT molecular complexity index is 785. The zero-order valence-electron chi connectivity index (χ0n) is 15.8. The Morgan fingerprint density at radius 3 is 2.44 bits per heavy atom. The maximum atomic E-state index is 12.2. The molecule has 2 aliphatic heterocycles. The third kappa shape index (κ3) is 4.08. The van der Waals surface area contributed by atoms with Crippen LogP contribution in [-0.4, -0.2) is 43.2 Å². The van der Waals surface area contributed by atoms with Crippen LogP contribution < -0.4 is 14.4 Å². The summed E-state index contributed by atoms with van der Waals surface area (Å²) in [6.45, 7) is 5.75. The minimum absolute atomic E-state index is 0.117. The Morgan fingerprint density at radius 2 is 1.74 bits per heavy atom. The topological polar surface area (TPSA) is 42.0 Å². The molecule has 0 unspecified atom stereocenters. The molecule has 1 amide bonds. The van der Waals surface area contributed by atoms with E-state index >= 15 is 0 Å². The van der Waals surface area contributed by atoms with Crippen molar-refractivity contribution < 1.29 is 14.3 Å². The Balaban J connectivity index is 1.38. The zero-order valence-corrected chi connectivity index (χ0v) is 15.8. The van der Waals surface area contributed by atoms with Crippen molar-refractivity contribution in [3.63, 3.8) is 0 Å². The smallest absolute Gasteiger partial charge is 0.224 e. The summed E-state index contributed by atoms with van der Waals surface area (Å²) in [6, 6.07) is 16.5. The molecule has 0 N–H and O–H groups in total.